The fourth-order valence-electron chi connectivity index (χ4n) is 1.69. The first-order chi connectivity index (χ1) is 9.65. The number of hydrogen-bond donors (Lipinski definition) is 3. The van der Waals surface area contributed by atoms with Crippen molar-refractivity contribution in [2.75, 3.05) is 17.7 Å². The highest BCUT2D eigenvalue weighted by Gasteiger charge is 2.27. The van der Waals surface area contributed by atoms with Crippen LogP contribution in [0.5, 0.6) is 5.75 Å². The molecule has 0 saturated carbocycles. The predicted molar refractivity (Wildman–Crippen MR) is 90.6 cm³/mol. The third-order valence-electron chi connectivity index (χ3n) is 2.99. The number of anilines is 2. The summed E-state index contributed by atoms with van der Waals surface area (Å²) in [7, 11) is 1.51. The molecule has 0 aromatic heterocycles. The Hall–Kier alpha value is -1.79. The molecule has 0 fully saturated rings. The minimum absolute atomic E-state index is 0. The lowest BCUT2D eigenvalue weighted by atomic mass is 9.87. The van der Waals surface area contributed by atoms with Gasteiger partial charge in [0.2, 0.25) is 11.8 Å². The van der Waals surface area contributed by atoms with Crippen molar-refractivity contribution in [2.24, 2.45) is 11.1 Å². The predicted octanol–water partition coefficient (Wildman–Crippen LogP) is 2.39. The van der Waals surface area contributed by atoms with E-state index in [9.17, 15) is 9.59 Å². The van der Waals surface area contributed by atoms with Crippen molar-refractivity contribution in [2.45, 2.75) is 33.7 Å². The average molecular weight is 330 g/mol. The Kier molecular flexibility index (Phi) is 7.35. The molecule has 1 rings (SSSR count). The first-order valence-corrected chi connectivity index (χ1v) is 6.67. The van der Waals surface area contributed by atoms with Crippen LogP contribution in [-0.2, 0) is 9.59 Å². The van der Waals surface area contributed by atoms with Crippen molar-refractivity contribution in [3.05, 3.63) is 18.2 Å². The molecule has 4 N–H and O–H groups in total. The molecule has 0 heterocycles. The maximum atomic E-state index is 12.1. The average Bonchev–Trinajstić information content (AvgIpc) is 2.36. The third kappa shape index (κ3) is 5.54. The molecular formula is C15H24ClN3O3. The van der Waals surface area contributed by atoms with Gasteiger partial charge in [-0.15, -0.1) is 12.4 Å². The highest BCUT2D eigenvalue weighted by molar-refractivity contribution is 5.97. The molecule has 1 aromatic rings. The van der Waals surface area contributed by atoms with Gasteiger partial charge in [0, 0.05) is 12.6 Å². The van der Waals surface area contributed by atoms with Crippen molar-refractivity contribution >= 4 is 35.6 Å². The summed E-state index contributed by atoms with van der Waals surface area (Å²) in [6.45, 7) is 7.09. The van der Waals surface area contributed by atoms with Crippen LogP contribution in [0.15, 0.2) is 18.2 Å². The molecule has 1 aromatic carbocycles. The van der Waals surface area contributed by atoms with E-state index in [2.05, 4.69) is 10.6 Å². The summed E-state index contributed by atoms with van der Waals surface area (Å²) in [5.41, 5.74) is 6.61. The lowest BCUT2D eigenvalue weighted by molar-refractivity contribution is -0.119. The van der Waals surface area contributed by atoms with Crippen molar-refractivity contribution in [1.82, 2.24) is 0 Å². The van der Waals surface area contributed by atoms with E-state index in [-0.39, 0.29) is 29.6 Å². The van der Waals surface area contributed by atoms with Crippen LogP contribution in [0.3, 0.4) is 0 Å². The molecule has 0 aliphatic heterocycles. The first kappa shape index (κ1) is 20.2. The number of carbonyl (C=O) groups excluding carboxylic acids is 2. The number of benzene rings is 1. The van der Waals surface area contributed by atoms with E-state index in [1.807, 2.05) is 20.8 Å². The Labute approximate surface area is 137 Å². The van der Waals surface area contributed by atoms with Crippen LogP contribution in [0.4, 0.5) is 11.4 Å². The second-order valence-electron chi connectivity index (χ2n) is 5.93. The molecule has 0 aliphatic carbocycles. The number of halogens is 1. The van der Waals surface area contributed by atoms with Crippen LogP contribution in [0.25, 0.3) is 0 Å². The second kappa shape index (κ2) is 8.00. The SMILES string of the molecule is COc1ccc(NC(=O)[C@@H](N)C(C)(C)C)cc1NC(C)=O.Cl. The van der Waals surface area contributed by atoms with E-state index >= 15 is 0 Å². The van der Waals surface area contributed by atoms with E-state index in [0.717, 1.165) is 0 Å². The van der Waals surface area contributed by atoms with Crippen molar-refractivity contribution < 1.29 is 14.3 Å². The van der Waals surface area contributed by atoms with Gasteiger partial charge in [-0.05, 0) is 23.6 Å². The smallest absolute Gasteiger partial charge is 0.241 e. The van der Waals surface area contributed by atoms with Crippen LogP contribution in [0.1, 0.15) is 27.7 Å². The molecule has 2 amide bonds. The summed E-state index contributed by atoms with van der Waals surface area (Å²) in [5.74, 6) is 0.0212. The van der Waals surface area contributed by atoms with E-state index < -0.39 is 6.04 Å². The number of ether oxygens (including phenoxy) is 1. The zero-order chi connectivity index (χ0) is 16.2. The molecule has 0 radical (unpaired) electrons. The monoisotopic (exact) mass is 329 g/mol. The summed E-state index contributed by atoms with van der Waals surface area (Å²) in [6.07, 6.45) is 0. The van der Waals surface area contributed by atoms with Gasteiger partial charge in [-0.25, -0.2) is 0 Å². The number of methoxy groups -OCH3 is 1. The van der Waals surface area contributed by atoms with Crippen molar-refractivity contribution in [3.8, 4) is 5.75 Å². The van der Waals surface area contributed by atoms with Gasteiger partial charge < -0.3 is 21.1 Å². The minimum Gasteiger partial charge on any atom is -0.495 e. The van der Waals surface area contributed by atoms with Crippen LogP contribution in [0, 0.1) is 5.41 Å². The van der Waals surface area contributed by atoms with Gasteiger partial charge in [0.25, 0.3) is 0 Å². The molecule has 0 aliphatic rings. The number of rotatable bonds is 4. The summed E-state index contributed by atoms with van der Waals surface area (Å²) in [6, 6.07) is 4.36. The normalized spacial score (nSPS) is 11.9. The number of nitrogens with two attached hydrogens (primary N) is 1. The van der Waals surface area contributed by atoms with Gasteiger partial charge >= 0.3 is 0 Å². The number of hydrogen-bond acceptors (Lipinski definition) is 4. The minimum atomic E-state index is -0.635. The van der Waals surface area contributed by atoms with Crippen LogP contribution in [-0.4, -0.2) is 25.0 Å². The molecule has 1 atom stereocenters. The quantitative estimate of drug-likeness (QED) is 0.790. The molecular weight excluding hydrogens is 306 g/mol. The van der Waals surface area contributed by atoms with Crippen LogP contribution >= 0.6 is 12.4 Å². The van der Waals surface area contributed by atoms with E-state index in [1.54, 1.807) is 18.2 Å². The standard InChI is InChI=1S/C15H23N3O3.ClH/c1-9(19)17-11-8-10(6-7-12(11)21-5)18-14(20)13(16)15(2,3)4;/h6-8,13H,16H2,1-5H3,(H,17,19)(H,18,20);1H/t13-;/m1./s1. The fraction of sp³-hybridized carbons (Fsp3) is 0.467. The zero-order valence-corrected chi connectivity index (χ0v) is 14.3. The third-order valence-corrected chi connectivity index (χ3v) is 2.99. The van der Waals surface area contributed by atoms with Gasteiger partial charge in [0.05, 0.1) is 18.8 Å². The highest BCUT2D eigenvalue weighted by atomic mass is 35.5. The van der Waals surface area contributed by atoms with Gasteiger partial charge in [-0.2, -0.15) is 0 Å². The molecule has 0 unspecified atom stereocenters. The Morgan fingerprint density at radius 1 is 1.23 bits per heavy atom. The first-order valence-electron chi connectivity index (χ1n) is 6.67. The zero-order valence-electron chi connectivity index (χ0n) is 13.5. The highest BCUT2D eigenvalue weighted by Crippen LogP contribution is 2.28. The molecule has 0 saturated heterocycles. The second-order valence-corrected chi connectivity index (χ2v) is 5.93. The van der Waals surface area contributed by atoms with Crippen molar-refractivity contribution in [1.29, 1.82) is 0 Å². The summed E-state index contributed by atoms with van der Waals surface area (Å²) >= 11 is 0. The lowest BCUT2D eigenvalue weighted by Crippen LogP contribution is -2.45. The van der Waals surface area contributed by atoms with Crippen LogP contribution in [0.2, 0.25) is 0 Å². The molecule has 7 heteroatoms. The molecule has 0 bridgehead atoms. The van der Waals surface area contributed by atoms with Gasteiger partial charge in [0.15, 0.2) is 0 Å². The number of nitrogens with one attached hydrogen (secondary N) is 2. The Bertz CT molecular complexity index is 541. The van der Waals surface area contributed by atoms with Gasteiger partial charge in [0.1, 0.15) is 5.75 Å². The van der Waals surface area contributed by atoms with E-state index in [4.69, 9.17) is 10.5 Å². The summed E-state index contributed by atoms with van der Waals surface area (Å²) in [5, 5.41) is 5.39. The maximum absolute atomic E-state index is 12.1. The maximum Gasteiger partial charge on any atom is 0.241 e. The fourth-order valence-corrected chi connectivity index (χ4v) is 1.69. The molecule has 22 heavy (non-hydrogen) atoms. The Morgan fingerprint density at radius 2 is 1.82 bits per heavy atom. The largest absolute Gasteiger partial charge is 0.495 e. The van der Waals surface area contributed by atoms with Gasteiger partial charge in [-0.1, -0.05) is 20.8 Å². The van der Waals surface area contributed by atoms with Gasteiger partial charge in [-0.3, -0.25) is 9.59 Å². The molecule has 0 spiro atoms. The van der Waals surface area contributed by atoms with Crippen molar-refractivity contribution in [3.63, 3.8) is 0 Å². The van der Waals surface area contributed by atoms with E-state index in [0.29, 0.717) is 17.1 Å². The molecule has 6 nitrogen and oxygen atoms in total. The van der Waals surface area contributed by atoms with E-state index in [1.165, 1.54) is 14.0 Å². The Morgan fingerprint density at radius 3 is 2.27 bits per heavy atom. The number of amides is 2. The summed E-state index contributed by atoms with van der Waals surface area (Å²) in [4.78, 5) is 23.3. The van der Waals surface area contributed by atoms with Crippen LogP contribution < -0.4 is 21.1 Å². The Balaban J connectivity index is 0.00000441. The lowest BCUT2D eigenvalue weighted by Gasteiger charge is -2.26. The number of carbonyl (C=O) groups is 2. The summed E-state index contributed by atoms with van der Waals surface area (Å²) < 4.78 is 5.16. The topological polar surface area (TPSA) is 93.4 Å². The molecule has 124 valence electrons.